The summed E-state index contributed by atoms with van der Waals surface area (Å²) in [5.41, 5.74) is 59.8. The second-order valence-corrected chi connectivity index (χ2v) is 42.6. The fourth-order valence-electron chi connectivity index (χ4n) is 26.7. The summed E-state index contributed by atoms with van der Waals surface area (Å²) in [7, 11) is 0. The SMILES string of the molecule is CCCCCCCCC1(CCCCCCCC)C=Cc2c(C)ccc3c2C1c1cc(C)ccc1-3.CCCCCCCCC1=CCC2c3cc(C)ccc3-c3ccc(C)c1c32.Cc1ccc2c(c1)C1CC=C(c3ccccc3)c3c(C)ccc-2c31.Cc1ccc2c(c1)C1c3c-2ccc(C)c3C=CC1(c1ccccc1)c1ccccc1.Cc1ccc2c(c1)C1c3c-2ccc(C)c3C=CC1c1ccccc1. The highest BCUT2D eigenvalue weighted by atomic mass is 14.5. The fourth-order valence-corrected chi connectivity index (χ4v) is 26.7. The van der Waals surface area contributed by atoms with Crippen LogP contribution < -0.4 is 0 Å². The van der Waals surface area contributed by atoms with E-state index in [0.29, 0.717) is 29.6 Å². The van der Waals surface area contributed by atoms with Gasteiger partial charge in [-0.3, -0.25) is 0 Å². The fraction of sp³-hybridized carbons (Fsp3) is 0.319. The van der Waals surface area contributed by atoms with Gasteiger partial charge >= 0.3 is 0 Å². The molecule has 0 spiro atoms. The van der Waals surface area contributed by atoms with E-state index in [-0.39, 0.29) is 16.7 Å². The van der Waals surface area contributed by atoms with Gasteiger partial charge in [0, 0.05) is 40.9 Å². The summed E-state index contributed by atoms with van der Waals surface area (Å²) in [4.78, 5) is 0. The molecule has 10 aliphatic rings. The molecule has 0 nitrogen and oxygen atoms in total. The molecule has 0 bridgehead atoms. The zero-order valence-corrected chi connectivity index (χ0v) is 84.8. The third-order valence-electron chi connectivity index (χ3n) is 33.5. The van der Waals surface area contributed by atoms with Crippen LogP contribution in [-0.2, 0) is 5.41 Å². The van der Waals surface area contributed by atoms with E-state index in [2.05, 4.69) is 412 Å². The van der Waals surface area contributed by atoms with E-state index in [4.69, 9.17) is 0 Å². The van der Waals surface area contributed by atoms with Crippen LogP contribution in [0.1, 0.15) is 365 Å². The van der Waals surface area contributed by atoms with Crippen LogP contribution in [0, 0.1) is 74.7 Å². The minimum Gasteiger partial charge on any atom is -0.0798 e. The Bertz CT molecular complexity index is 6960. The monoisotopic (exact) mass is 1800 g/mol. The van der Waals surface area contributed by atoms with Crippen LogP contribution >= 0.6 is 0 Å². The molecule has 0 fully saturated rings. The Labute approximate surface area is 827 Å². The summed E-state index contributed by atoms with van der Waals surface area (Å²) >= 11 is 0. The summed E-state index contributed by atoms with van der Waals surface area (Å²) in [6.07, 6.45) is 51.0. The molecular formula is C138H144. The van der Waals surface area contributed by atoms with Gasteiger partial charge in [0.15, 0.2) is 0 Å². The van der Waals surface area contributed by atoms with Gasteiger partial charge in [0.2, 0.25) is 0 Å². The van der Waals surface area contributed by atoms with Crippen molar-refractivity contribution in [1.29, 1.82) is 0 Å². The van der Waals surface area contributed by atoms with Crippen molar-refractivity contribution in [2.24, 2.45) is 5.41 Å². The maximum Gasteiger partial charge on any atom is 0.0494 e. The lowest BCUT2D eigenvalue weighted by molar-refractivity contribution is 0.262. The smallest absolute Gasteiger partial charge is 0.0494 e. The standard InChI is InChI=1S/C34H48.C30H24.C26H32.2C24H20/c1-5-7-9-11-13-15-22-34(23-16-14-12-10-8-6-2)24-21-28-27(4)18-20-30-29-19-17-26(3)25-31(29)33(34)32(28)30;1-20-13-15-25-26-16-14-21(2)24-17-18-30(22-9-5-3-6-10-22,23-11-7-4-8-12-23)29(28(24)26)27(25)19-20;1-4-5-6-7-8-9-10-20-13-16-23-24-17-18(2)11-14-21(24)22-15-12-19(3)25(20)26(22)23;1-15-8-10-19-20-11-9-16(2)23-18(17-6-4-3-5-7-17)12-13-21(24(20)23)22(19)14-15;1-15-8-10-20-21-11-9-16(2)18-12-13-19(17-6-4-3-5-7-17)24(23(18)21)22(20)14-15/h17-21,24-25,33H,5-16,22-23H2,1-4H3;3-19,29H,1-2H3;11-15,17,23H,4-10,16H2,1-3H3;3-12,14,21H,13H2,1-2H3;3-14,19,24H,1-2H3. The summed E-state index contributed by atoms with van der Waals surface area (Å²) in [6.45, 7) is 29.4. The van der Waals surface area contributed by atoms with E-state index in [9.17, 15) is 0 Å². The van der Waals surface area contributed by atoms with Gasteiger partial charge in [-0.05, 0) is 313 Å². The molecule has 0 N–H and O–H groups in total. The van der Waals surface area contributed by atoms with Crippen LogP contribution in [0.4, 0.5) is 0 Å². The van der Waals surface area contributed by atoms with Crippen molar-refractivity contribution in [1.82, 2.24) is 0 Å². The number of hydrogen-bond acceptors (Lipinski definition) is 0. The van der Waals surface area contributed by atoms with Crippen LogP contribution in [0.3, 0.4) is 0 Å². The number of benzene rings is 14. The Kier molecular flexibility index (Phi) is 27.5. The predicted octanol–water partition coefficient (Wildman–Crippen LogP) is 38.8. The Balaban J connectivity index is 0.000000107. The van der Waals surface area contributed by atoms with Crippen LogP contribution in [-0.4, -0.2) is 0 Å². The summed E-state index contributed by atoms with van der Waals surface area (Å²) < 4.78 is 0. The highest BCUT2D eigenvalue weighted by molar-refractivity contribution is 5.95. The average molecular weight is 1800 g/mol. The van der Waals surface area contributed by atoms with Crippen LogP contribution in [0.25, 0.3) is 85.0 Å². The van der Waals surface area contributed by atoms with Gasteiger partial charge in [0.05, 0.1) is 0 Å². The topological polar surface area (TPSA) is 0 Å². The normalized spacial score (nSPS) is 17.7. The van der Waals surface area contributed by atoms with Crippen molar-refractivity contribution in [3.05, 3.63) is 465 Å². The number of unbranched alkanes of at least 4 members (excludes halogenated alkanes) is 15. The molecule has 0 heteroatoms. The molecule has 0 radical (unpaired) electrons. The van der Waals surface area contributed by atoms with Crippen LogP contribution in [0.5, 0.6) is 0 Å². The van der Waals surface area contributed by atoms with Crippen molar-refractivity contribution < 1.29 is 0 Å². The molecule has 14 aromatic carbocycles. The van der Waals surface area contributed by atoms with Crippen molar-refractivity contribution in [2.75, 3.05) is 0 Å². The first-order valence-corrected chi connectivity index (χ1v) is 53.4. The van der Waals surface area contributed by atoms with Gasteiger partial charge in [0.25, 0.3) is 0 Å². The minimum atomic E-state index is -0.225. The lowest BCUT2D eigenvalue weighted by Gasteiger charge is -2.42. The number of aryl methyl sites for hydroxylation is 10. The van der Waals surface area contributed by atoms with Gasteiger partial charge < -0.3 is 0 Å². The largest absolute Gasteiger partial charge is 0.0798 e. The summed E-state index contributed by atoms with van der Waals surface area (Å²) in [5.74, 6) is 2.79. The molecular weight excluding hydrogens is 1660 g/mol. The first-order chi connectivity index (χ1) is 67.5. The number of rotatable bonds is 25. The summed E-state index contributed by atoms with van der Waals surface area (Å²) in [5, 5.41) is 0. The Morgan fingerprint density at radius 2 is 0.645 bits per heavy atom. The third-order valence-corrected chi connectivity index (χ3v) is 33.5. The van der Waals surface area contributed by atoms with Crippen LogP contribution in [0.2, 0.25) is 0 Å². The maximum atomic E-state index is 2.69. The molecule has 696 valence electrons. The lowest BCUT2D eigenvalue weighted by Crippen LogP contribution is -2.35. The van der Waals surface area contributed by atoms with E-state index in [0.717, 1.165) is 6.42 Å². The molecule has 0 heterocycles. The number of hydrogen-bond donors (Lipinski definition) is 0. The van der Waals surface area contributed by atoms with E-state index in [1.165, 1.54) is 330 Å². The highest BCUT2D eigenvalue weighted by Gasteiger charge is 2.51. The first-order valence-electron chi connectivity index (χ1n) is 53.4. The van der Waals surface area contributed by atoms with Crippen molar-refractivity contribution >= 4 is 29.4 Å². The van der Waals surface area contributed by atoms with Crippen molar-refractivity contribution in [2.45, 2.75) is 279 Å². The van der Waals surface area contributed by atoms with Crippen LogP contribution in [0.15, 0.2) is 303 Å². The predicted molar refractivity (Wildman–Crippen MR) is 593 cm³/mol. The van der Waals surface area contributed by atoms with E-state index >= 15 is 0 Å². The molecule has 14 aromatic rings. The van der Waals surface area contributed by atoms with Gasteiger partial charge in [-0.2, -0.15) is 0 Å². The zero-order chi connectivity index (χ0) is 94.9. The number of fused-ring (bicyclic) bond motifs is 15. The van der Waals surface area contributed by atoms with Gasteiger partial charge in [-0.25, -0.2) is 0 Å². The Morgan fingerprint density at radius 3 is 1.14 bits per heavy atom. The lowest BCUT2D eigenvalue weighted by atomic mass is 9.59. The molecule has 6 atom stereocenters. The Morgan fingerprint density at radius 1 is 0.283 bits per heavy atom. The first kappa shape index (κ1) is 93.4. The Hall–Kier alpha value is -12.2. The maximum absolute atomic E-state index is 2.69. The molecule has 0 aromatic heterocycles. The molecule has 0 saturated heterocycles. The van der Waals surface area contributed by atoms with Gasteiger partial charge in [0.1, 0.15) is 0 Å². The molecule has 24 rings (SSSR count). The molecule has 0 amide bonds. The quantitative estimate of drug-likeness (QED) is 0.0500. The molecule has 6 unspecified atom stereocenters. The average Bonchev–Trinajstić information content (AvgIpc) is 1.52. The van der Waals surface area contributed by atoms with E-state index < -0.39 is 0 Å². The second-order valence-electron chi connectivity index (χ2n) is 42.6. The molecule has 10 aliphatic carbocycles. The number of allylic oxidation sites excluding steroid dienone is 6. The minimum absolute atomic E-state index is 0.225. The van der Waals surface area contributed by atoms with Gasteiger partial charge in [-0.1, -0.05) is 479 Å². The third kappa shape index (κ3) is 17.5. The molecule has 0 saturated carbocycles. The zero-order valence-electron chi connectivity index (χ0n) is 84.8. The summed E-state index contributed by atoms with van der Waals surface area (Å²) in [6, 6.07) is 102. The van der Waals surface area contributed by atoms with Crippen molar-refractivity contribution in [3.8, 4) is 55.6 Å². The molecule has 0 aliphatic heterocycles. The van der Waals surface area contributed by atoms with Crippen molar-refractivity contribution in [3.63, 3.8) is 0 Å². The molecule has 138 heavy (non-hydrogen) atoms. The van der Waals surface area contributed by atoms with E-state index in [1.54, 1.807) is 39.0 Å². The van der Waals surface area contributed by atoms with Gasteiger partial charge in [-0.15, -0.1) is 0 Å². The van der Waals surface area contributed by atoms with E-state index in [1.807, 2.05) is 0 Å². The second kappa shape index (κ2) is 40.7. The highest BCUT2D eigenvalue weighted by Crippen LogP contribution is 2.65.